The first kappa shape index (κ1) is 24.3. The van der Waals surface area contributed by atoms with Crippen molar-refractivity contribution in [3.63, 3.8) is 0 Å². The number of ether oxygens (including phenoxy) is 2. The van der Waals surface area contributed by atoms with Crippen LogP contribution in [0.2, 0.25) is 0 Å². The van der Waals surface area contributed by atoms with Crippen molar-refractivity contribution in [1.29, 1.82) is 0 Å². The monoisotopic (exact) mass is 412 g/mol. The lowest BCUT2D eigenvalue weighted by Crippen LogP contribution is -2.59. The molecule has 0 aliphatic carbocycles. The van der Waals surface area contributed by atoms with Gasteiger partial charge in [-0.25, -0.2) is 0 Å². The topological polar surface area (TPSA) is 96.2 Å². The Morgan fingerprint density at radius 1 is 1.07 bits per heavy atom. The summed E-state index contributed by atoms with van der Waals surface area (Å²) in [7, 11) is 0. The molecule has 2 aliphatic rings. The molecule has 0 unspecified atom stereocenters. The molecule has 0 aromatic heterocycles. The number of rotatable bonds is 0. The molecule has 0 aromatic rings. The van der Waals surface area contributed by atoms with Crippen molar-refractivity contribution in [1.82, 2.24) is 0 Å². The summed E-state index contributed by atoms with van der Waals surface area (Å²) in [5.41, 5.74) is 0.713. The molecule has 6 nitrogen and oxygen atoms in total. The molecule has 2 rings (SSSR count). The average molecular weight is 413 g/mol. The van der Waals surface area contributed by atoms with Crippen molar-refractivity contribution < 1.29 is 29.6 Å². The normalized spacial score (nSPS) is 52.1. The SMILES string of the molecule is C/C1=C/[C@H](C)[C@@H](C)OC(=O)[C@H](C)[C@@H](O)[C@H](C)[C@@H]2O[C@@](O)([C@H](C)C[C@@H]2C)[C@H](C)[C@H]1O. The Morgan fingerprint density at radius 3 is 2.24 bits per heavy atom. The summed E-state index contributed by atoms with van der Waals surface area (Å²) in [6.07, 6.45) is -0.126. The summed E-state index contributed by atoms with van der Waals surface area (Å²) >= 11 is 0. The summed E-state index contributed by atoms with van der Waals surface area (Å²) in [5, 5.41) is 33.4. The average Bonchev–Trinajstić information content (AvgIpc) is 2.66. The molecular weight excluding hydrogens is 372 g/mol. The number of cyclic esters (lactones) is 1. The molecule has 0 aromatic carbocycles. The zero-order valence-corrected chi connectivity index (χ0v) is 19.1. The minimum atomic E-state index is -1.53. The van der Waals surface area contributed by atoms with Gasteiger partial charge >= 0.3 is 5.97 Å². The van der Waals surface area contributed by atoms with E-state index >= 15 is 0 Å². The van der Waals surface area contributed by atoms with Crippen LogP contribution in [-0.2, 0) is 14.3 Å². The van der Waals surface area contributed by atoms with E-state index in [0.29, 0.717) is 12.0 Å². The van der Waals surface area contributed by atoms with Crippen LogP contribution in [0.5, 0.6) is 0 Å². The van der Waals surface area contributed by atoms with E-state index in [4.69, 9.17) is 9.47 Å². The van der Waals surface area contributed by atoms with Crippen LogP contribution < -0.4 is 0 Å². The van der Waals surface area contributed by atoms with Crippen LogP contribution in [-0.4, -0.2) is 51.5 Å². The third kappa shape index (κ3) is 4.71. The van der Waals surface area contributed by atoms with E-state index in [1.54, 1.807) is 13.8 Å². The van der Waals surface area contributed by atoms with Crippen molar-refractivity contribution in [3.05, 3.63) is 11.6 Å². The van der Waals surface area contributed by atoms with Crippen molar-refractivity contribution in [3.8, 4) is 0 Å². The number of esters is 1. The van der Waals surface area contributed by atoms with Gasteiger partial charge in [-0.15, -0.1) is 0 Å². The van der Waals surface area contributed by atoms with Gasteiger partial charge in [0.1, 0.15) is 6.10 Å². The molecule has 11 atom stereocenters. The van der Waals surface area contributed by atoms with Crippen molar-refractivity contribution in [2.45, 2.75) is 92.0 Å². The highest BCUT2D eigenvalue weighted by molar-refractivity contribution is 5.73. The number of aliphatic hydroxyl groups is 3. The lowest BCUT2D eigenvalue weighted by Gasteiger charge is -2.51. The Balaban J connectivity index is 2.51. The van der Waals surface area contributed by atoms with Gasteiger partial charge in [-0.05, 0) is 38.7 Å². The van der Waals surface area contributed by atoms with Crippen molar-refractivity contribution >= 4 is 5.97 Å². The molecule has 168 valence electrons. The molecule has 29 heavy (non-hydrogen) atoms. The maximum atomic E-state index is 12.6. The fourth-order valence-corrected chi connectivity index (χ4v) is 4.95. The molecule has 3 N–H and O–H groups in total. The third-order valence-electron chi connectivity index (χ3n) is 7.42. The second kappa shape index (κ2) is 9.04. The second-order valence-electron chi connectivity index (χ2n) is 9.73. The van der Waals surface area contributed by atoms with Crippen molar-refractivity contribution in [2.24, 2.45) is 35.5 Å². The molecule has 0 saturated carbocycles. The van der Waals surface area contributed by atoms with Gasteiger partial charge in [0.05, 0.1) is 24.2 Å². The predicted octanol–water partition coefficient (Wildman–Crippen LogP) is 2.89. The van der Waals surface area contributed by atoms with Gasteiger partial charge in [0, 0.05) is 23.7 Å². The van der Waals surface area contributed by atoms with Crippen LogP contribution >= 0.6 is 0 Å². The maximum absolute atomic E-state index is 12.6. The van der Waals surface area contributed by atoms with Gasteiger partial charge in [0.15, 0.2) is 5.79 Å². The predicted molar refractivity (Wildman–Crippen MR) is 111 cm³/mol. The maximum Gasteiger partial charge on any atom is 0.311 e. The fraction of sp³-hybridized carbons (Fsp3) is 0.870. The van der Waals surface area contributed by atoms with Crippen LogP contribution in [0.3, 0.4) is 0 Å². The Hall–Kier alpha value is -0.950. The number of aliphatic hydroxyl groups excluding tert-OH is 2. The Morgan fingerprint density at radius 2 is 1.66 bits per heavy atom. The van der Waals surface area contributed by atoms with Gasteiger partial charge in [0.25, 0.3) is 0 Å². The second-order valence-corrected chi connectivity index (χ2v) is 9.73. The van der Waals surface area contributed by atoms with Gasteiger partial charge < -0.3 is 24.8 Å². The zero-order chi connectivity index (χ0) is 22.3. The number of carbonyl (C=O) groups excluding carboxylic acids is 1. The summed E-state index contributed by atoms with van der Waals surface area (Å²) < 4.78 is 11.8. The van der Waals surface area contributed by atoms with Crippen LogP contribution in [0.4, 0.5) is 0 Å². The highest BCUT2D eigenvalue weighted by Crippen LogP contribution is 2.45. The van der Waals surface area contributed by atoms with E-state index < -0.39 is 48.0 Å². The van der Waals surface area contributed by atoms with Gasteiger partial charge in [-0.2, -0.15) is 0 Å². The van der Waals surface area contributed by atoms with E-state index in [1.165, 1.54) is 0 Å². The zero-order valence-electron chi connectivity index (χ0n) is 19.1. The summed E-state index contributed by atoms with van der Waals surface area (Å²) in [6, 6.07) is 0. The molecule has 2 heterocycles. The Kier molecular flexibility index (Phi) is 7.59. The number of hydrogen-bond donors (Lipinski definition) is 3. The molecule has 1 fully saturated rings. The fourth-order valence-electron chi connectivity index (χ4n) is 4.95. The molecule has 2 aliphatic heterocycles. The van der Waals surface area contributed by atoms with Gasteiger partial charge in [-0.1, -0.05) is 40.7 Å². The summed E-state index contributed by atoms with van der Waals surface area (Å²) in [6.45, 7) is 14.8. The van der Waals surface area contributed by atoms with Gasteiger partial charge in [0.2, 0.25) is 0 Å². The first-order valence-corrected chi connectivity index (χ1v) is 11.0. The largest absolute Gasteiger partial charge is 0.462 e. The number of hydrogen-bond acceptors (Lipinski definition) is 6. The minimum Gasteiger partial charge on any atom is -0.462 e. The Labute approximate surface area is 175 Å². The highest BCUT2D eigenvalue weighted by Gasteiger charge is 2.52. The first-order valence-electron chi connectivity index (χ1n) is 11.0. The molecule has 6 heteroatoms. The van der Waals surface area contributed by atoms with Crippen LogP contribution in [0, 0.1) is 35.5 Å². The van der Waals surface area contributed by atoms with E-state index in [2.05, 4.69) is 0 Å². The molecule has 1 saturated heterocycles. The third-order valence-corrected chi connectivity index (χ3v) is 7.42. The highest BCUT2D eigenvalue weighted by atomic mass is 16.6. The smallest absolute Gasteiger partial charge is 0.311 e. The number of carbonyl (C=O) groups is 1. The summed E-state index contributed by atoms with van der Waals surface area (Å²) in [5.74, 6) is -3.85. The lowest BCUT2D eigenvalue weighted by atomic mass is 9.72. The van der Waals surface area contributed by atoms with Crippen LogP contribution in [0.15, 0.2) is 11.6 Å². The van der Waals surface area contributed by atoms with Crippen molar-refractivity contribution in [2.75, 3.05) is 0 Å². The molecule has 2 bridgehead atoms. The lowest BCUT2D eigenvalue weighted by molar-refractivity contribution is -0.334. The number of fused-ring (bicyclic) bond motifs is 2. The van der Waals surface area contributed by atoms with E-state index in [1.807, 2.05) is 47.6 Å². The summed E-state index contributed by atoms with van der Waals surface area (Å²) in [4.78, 5) is 12.6. The Bertz CT molecular complexity index is 618. The molecule has 0 radical (unpaired) electrons. The van der Waals surface area contributed by atoms with E-state index in [0.717, 1.165) is 0 Å². The molecular formula is C23H40O6. The van der Waals surface area contributed by atoms with Crippen LogP contribution in [0.25, 0.3) is 0 Å². The van der Waals surface area contributed by atoms with E-state index in [-0.39, 0.29) is 23.7 Å². The first-order chi connectivity index (χ1) is 13.3. The van der Waals surface area contributed by atoms with Crippen LogP contribution in [0.1, 0.15) is 61.8 Å². The minimum absolute atomic E-state index is 0.0889. The molecule has 0 amide bonds. The quantitative estimate of drug-likeness (QED) is 0.418. The standard InChI is InChI=1S/C23H40O6/c1-11-9-12(2)19(24)17(7)23(27)14(4)10-13(3)21(29-23)15(5)20(25)16(6)22(26)28-18(11)8/h9,11,13-21,24-25,27H,10H2,1-8H3/b12-9-/t11-,13-,14+,15-,16+,17+,18+,19-,20-,21+,23-/m0/s1. The van der Waals surface area contributed by atoms with E-state index in [9.17, 15) is 20.1 Å². The van der Waals surface area contributed by atoms with Gasteiger partial charge in [-0.3, -0.25) is 4.79 Å². The molecule has 0 spiro atoms.